The molecule has 1 amide bonds. The molecule has 1 aromatic rings. The smallest absolute Gasteiger partial charge is 0.227 e. The van der Waals surface area contributed by atoms with Crippen molar-refractivity contribution in [3.63, 3.8) is 0 Å². The molecular formula is C23H33NO3. The Morgan fingerprint density at radius 3 is 2.41 bits per heavy atom. The highest BCUT2D eigenvalue weighted by atomic mass is 16.3. The summed E-state index contributed by atoms with van der Waals surface area (Å²) >= 11 is 0. The number of amides is 1. The molecule has 0 bridgehead atoms. The fourth-order valence-electron chi connectivity index (χ4n) is 5.76. The molecule has 0 heterocycles. The number of phenolic OH excluding ortho intramolecular Hbond substituents is 2. The van der Waals surface area contributed by atoms with Crippen molar-refractivity contribution in [1.29, 1.82) is 0 Å². The zero-order chi connectivity index (χ0) is 20.0. The first-order valence-electron chi connectivity index (χ1n) is 10.0. The second-order valence-corrected chi connectivity index (χ2v) is 9.50. The first-order valence-corrected chi connectivity index (χ1v) is 10.0. The minimum atomic E-state index is -0.0422. The molecule has 3 atom stereocenters. The number of aromatic hydroxyl groups is 2. The van der Waals surface area contributed by atoms with Crippen molar-refractivity contribution in [2.45, 2.75) is 59.8 Å². The van der Waals surface area contributed by atoms with E-state index in [1.165, 1.54) is 43.0 Å². The van der Waals surface area contributed by atoms with Gasteiger partial charge in [0.05, 0.1) is 5.69 Å². The van der Waals surface area contributed by atoms with Gasteiger partial charge in [0.1, 0.15) is 11.5 Å². The molecular weight excluding hydrogens is 338 g/mol. The van der Waals surface area contributed by atoms with Gasteiger partial charge in [0.15, 0.2) is 0 Å². The summed E-state index contributed by atoms with van der Waals surface area (Å²) in [6.07, 6.45) is 7.55. The Morgan fingerprint density at radius 2 is 1.78 bits per heavy atom. The maximum atomic E-state index is 13.1. The molecule has 0 saturated heterocycles. The van der Waals surface area contributed by atoms with Gasteiger partial charge in [-0.1, -0.05) is 38.8 Å². The van der Waals surface area contributed by atoms with Gasteiger partial charge < -0.3 is 15.1 Å². The first kappa shape index (κ1) is 19.8. The molecule has 2 N–H and O–H groups in total. The minimum Gasteiger partial charge on any atom is -0.508 e. The second kappa shape index (κ2) is 6.88. The number of anilines is 1. The molecule has 0 unspecified atom stereocenters. The van der Waals surface area contributed by atoms with Crippen molar-refractivity contribution < 1.29 is 15.0 Å². The summed E-state index contributed by atoms with van der Waals surface area (Å²) < 4.78 is 0. The zero-order valence-electron chi connectivity index (χ0n) is 17.2. The Hall–Kier alpha value is -1.97. The highest BCUT2D eigenvalue weighted by Crippen LogP contribution is 2.60. The van der Waals surface area contributed by atoms with Gasteiger partial charge >= 0.3 is 0 Å². The van der Waals surface area contributed by atoms with Crippen LogP contribution in [0.5, 0.6) is 11.5 Å². The Kier molecular flexibility index (Phi) is 5.04. The summed E-state index contributed by atoms with van der Waals surface area (Å²) in [5.74, 6) is 0.758. The van der Waals surface area contributed by atoms with Gasteiger partial charge in [0, 0.05) is 31.7 Å². The molecule has 1 aromatic carbocycles. The molecule has 1 fully saturated rings. The predicted molar refractivity (Wildman–Crippen MR) is 109 cm³/mol. The largest absolute Gasteiger partial charge is 0.508 e. The number of hydrogen-bond acceptors (Lipinski definition) is 3. The van der Waals surface area contributed by atoms with Crippen molar-refractivity contribution in [2.24, 2.45) is 22.7 Å². The van der Waals surface area contributed by atoms with E-state index in [2.05, 4.69) is 33.8 Å². The number of allylic oxidation sites excluding steroid dienone is 2. The van der Waals surface area contributed by atoms with Crippen LogP contribution in [-0.4, -0.2) is 23.2 Å². The van der Waals surface area contributed by atoms with Crippen LogP contribution in [0.4, 0.5) is 5.69 Å². The monoisotopic (exact) mass is 371 g/mol. The van der Waals surface area contributed by atoms with E-state index in [1.54, 1.807) is 11.9 Å². The van der Waals surface area contributed by atoms with Crippen molar-refractivity contribution in [1.82, 2.24) is 0 Å². The number of carbonyl (C=O) groups is 1. The quantitative estimate of drug-likeness (QED) is 0.714. The van der Waals surface area contributed by atoms with E-state index >= 15 is 0 Å². The maximum absolute atomic E-state index is 13.1. The van der Waals surface area contributed by atoms with E-state index in [0.29, 0.717) is 23.4 Å². The van der Waals surface area contributed by atoms with E-state index in [0.717, 1.165) is 6.42 Å². The molecule has 4 heteroatoms. The number of hydrogen-bond donors (Lipinski definition) is 2. The van der Waals surface area contributed by atoms with E-state index in [9.17, 15) is 15.0 Å². The van der Waals surface area contributed by atoms with Crippen molar-refractivity contribution >= 4 is 11.6 Å². The molecule has 1 saturated carbocycles. The molecule has 0 aliphatic heterocycles. The third-order valence-electron chi connectivity index (χ3n) is 7.32. The van der Waals surface area contributed by atoms with Crippen LogP contribution in [0.3, 0.4) is 0 Å². The van der Waals surface area contributed by atoms with E-state index in [1.807, 2.05) is 0 Å². The van der Waals surface area contributed by atoms with Crippen LogP contribution in [-0.2, 0) is 4.79 Å². The maximum Gasteiger partial charge on any atom is 0.227 e. The SMILES string of the molecule is CC1=CC[C@H]2C(C)(C)CCC[C@@]2(C)[C@H]1CC(=O)N(C)c1cc(O)cc(O)c1. The van der Waals surface area contributed by atoms with E-state index in [-0.39, 0.29) is 28.7 Å². The third kappa shape index (κ3) is 3.59. The van der Waals surface area contributed by atoms with Gasteiger partial charge in [0.2, 0.25) is 5.91 Å². The van der Waals surface area contributed by atoms with Crippen LogP contribution in [0.2, 0.25) is 0 Å². The minimum absolute atomic E-state index is 0.0167. The molecule has 27 heavy (non-hydrogen) atoms. The summed E-state index contributed by atoms with van der Waals surface area (Å²) in [6, 6.07) is 4.29. The fourth-order valence-corrected chi connectivity index (χ4v) is 5.76. The summed E-state index contributed by atoms with van der Waals surface area (Å²) in [4.78, 5) is 14.6. The predicted octanol–water partition coefficient (Wildman–Crippen LogP) is 5.25. The Labute approximate surface area is 162 Å². The molecule has 0 aromatic heterocycles. The average Bonchev–Trinajstić information content (AvgIpc) is 2.55. The van der Waals surface area contributed by atoms with Crippen LogP contribution in [0.15, 0.2) is 29.8 Å². The number of phenols is 2. The number of nitrogens with zero attached hydrogens (tertiary/aromatic N) is 1. The van der Waals surface area contributed by atoms with Gasteiger partial charge in [0.25, 0.3) is 0 Å². The van der Waals surface area contributed by atoms with Crippen molar-refractivity contribution in [3.05, 3.63) is 29.8 Å². The highest BCUT2D eigenvalue weighted by Gasteiger charge is 2.52. The Morgan fingerprint density at radius 1 is 1.15 bits per heavy atom. The molecule has 148 valence electrons. The van der Waals surface area contributed by atoms with Crippen LogP contribution in [0, 0.1) is 22.7 Å². The Balaban J connectivity index is 1.85. The lowest BCUT2D eigenvalue weighted by Crippen LogP contribution is -2.49. The average molecular weight is 372 g/mol. The summed E-state index contributed by atoms with van der Waals surface area (Å²) in [6.45, 7) is 9.31. The van der Waals surface area contributed by atoms with Crippen LogP contribution in [0.1, 0.15) is 59.8 Å². The van der Waals surface area contributed by atoms with Crippen molar-refractivity contribution in [2.75, 3.05) is 11.9 Å². The van der Waals surface area contributed by atoms with E-state index < -0.39 is 0 Å². The van der Waals surface area contributed by atoms with Gasteiger partial charge in [-0.25, -0.2) is 0 Å². The molecule has 3 rings (SSSR count). The van der Waals surface area contributed by atoms with Crippen molar-refractivity contribution in [3.8, 4) is 11.5 Å². The van der Waals surface area contributed by atoms with Gasteiger partial charge in [-0.05, 0) is 48.9 Å². The van der Waals surface area contributed by atoms with Gasteiger partial charge in [-0.3, -0.25) is 4.79 Å². The molecule has 0 radical (unpaired) electrons. The van der Waals surface area contributed by atoms with Crippen LogP contribution < -0.4 is 4.90 Å². The fraction of sp³-hybridized carbons (Fsp3) is 0.609. The second-order valence-electron chi connectivity index (χ2n) is 9.50. The number of fused-ring (bicyclic) bond motifs is 1. The topological polar surface area (TPSA) is 60.8 Å². The van der Waals surface area contributed by atoms with Crippen LogP contribution in [0.25, 0.3) is 0 Å². The molecule has 2 aliphatic rings. The summed E-state index contributed by atoms with van der Waals surface area (Å²) in [7, 11) is 1.71. The third-order valence-corrected chi connectivity index (χ3v) is 7.32. The number of benzene rings is 1. The van der Waals surface area contributed by atoms with Gasteiger partial charge in [-0.15, -0.1) is 0 Å². The lowest BCUT2D eigenvalue weighted by Gasteiger charge is -2.56. The lowest BCUT2D eigenvalue weighted by molar-refractivity contribution is -0.122. The van der Waals surface area contributed by atoms with Gasteiger partial charge in [-0.2, -0.15) is 0 Å². The lowest BCUT2D eigenvalue weighted by atomic mass is 9.48. The Bertz CT molecular complexity index is 747. The van der Waals surface area contributed by atoms with E-state index in [4.69, 9.17) is 0 Å². The first-order chi connectivity index (χ1) is 12.5. The zero-order valence-corrected chi connectivity index (χ0v) is 17.2. The highest BCUT2D eigenvalue weighted by molar-refractivity contribution is 5.93. The standard InChI is InChI=1S/C23H33NO3/c1-15-7-8-20-22(2,3)9-6-10-23(20,4)19(15)14-21(27)24(5)16-11-17(25)13-18(26)12-16/h7,11-13,19-20,25-26H,6,8-10,14H2,1-5H3/t19-,20-,23-/m0/s1. The summed E-state index contributed by atoms with van der Waals surface area (Å²) in [5, 5.41) is 19.5. The molecule has 4 nitrogen and oxygen atoms in total. The number of carbonyl (C=O) groups excluding carboxylic acids is 1. The molecule has 2 aliphatic carbocycles. The summed E-state index contributed by atoms with van der Waals surface area (Å²) in [5.41, 5.74) is 2.28. The molecule has 0 spiro atoms. The van der Waals surface area contributed by atoms with Crippen LogP contribution >= 0.6 is 0 Å². The normalized spacial score (nSPS) is 29.6. The number of rotatable bonds is 3.